The van der Waals surface area contributed by atoms with Crippen LogP contribution in [0, 0.1) is 5.82 Å². The van der Waals surface area contributed by atoms with Crippen LogP contribution in [0.25, 0.3) is 11.1 Å². The summed E-state index contributed by atoms with van der Waals surface area (Å²) in [6.07, 6.45) is 2.37. The van der Waals surface area contributed by atoms with Crippen molar-refractivity contribution in [3.63, 3.8) is 0 Å². The third-order valence-corrected chi connectivity index (χ3v) is 5.40. The topological polar surface area (TPSA) is 87.3 Å². The standard InChI is InChI=1S/C20H18FN3O3S/c21-14-7-8-15(17(25)22-10-20(28)18(26)23-19(27)24-20)16(9-14)13-5-3-12(4-6-13)11-1-2-11/h3-9,11,28H,1-2,10H2,(H,22,25)(H2,23,24,26,27)/t20-/m0/s1. The number of carbonyl (C=O) groups is 3. The van der Waals surface area contributed by atoms with Gasteiger partial charge < -0.3 is 10.6 Å². The van der Waals surface area contributed by atoms with E-state index in [0.717, 1.165) is 5.56 Å². The lowest BCUT2D eigenvalue weighted by Gasteiger charge is -2.20. The van der Waals surface area contributed by atoms with Gasteiger partial charge in [0.25, 0.3) is 11.8 Å². The van der Waals surface area contributed by atoms with Crippen LogP contribution >= 0.6 is 12.6 Å². The van der Waals surface area contributed by atoms with Gasteiger partial charge >= 0.3 is 6.03 Å². The van der Waals surface area contributed by atoms with E-state index in [-0.39, 0.29) is 12.1 Å². The smallest absolute Gasteiger partial charge is 0.323 e. The summed E-state index contributed by atoms with van der Waals surface area (Å²) in [6.45, 7) is -0.218. The molecule has 4 rings (SSSR count). The number of hydrogen-bond donors (Lipinski definition) is 4. The van der Waals surface area contributed by atoms with Crippen LogP contribution in [0.3, 0.4) is 0 Å². The number of imide groups is 1. The zero-order valence-corrected chi connectivity index (χ0v) is 15.7. The van der Waals surface area contributed by atoms with Gasteiger partial charge in [-0.3, -0.25) is 14.9 Å². The first-order valence-corrected chi connectivity index (χ1v) is 9.34. The first kappa shape index (κ1) is 18.5. The fourth-order valence-electron chi connectivity index (χ4n) is 3.22. The molecule has 0 aromatic heterocycles. The predicted octanol–water partition coefficient (Wildman–Crippen LogP) is 2.57. The molecular formula is C20H18FN3O3S. The number of rotatable bonds is 5. The summed E-state index contributed by atoms with van der Waals surface area (Å²) in [4.78, 5) is 34.3. The summed E-state index contributed by atoms with van der Waals surface area (Å²) in [6, 6.07) is 11.0. The van der Waals surface area contributed by atoms with Crippen LogP contribution in [0.15, 0.2) is 42.5 Å². The Labute approximate surface area is 166 Å². The van der Waals surface area contributed by atoms with Crippen molar-refractivity contribution >= 4 is 30.5 Å². The summed E-state index contributed by atoms with van der Waals surface area (Å²) in [7, 11) is 0. The number of nitrogens with one attached hydrogen (secondary N) is 3. The maximum absolute atomic E-state index is 13.9. The van der Waals surface area contributed by atoms with E-state index < -0.39 is 28.5 Å². The molecule has 28 heavy (non-hydrogen) atoms. The Kier molecular flexibility index (Phi) is 4.58. The fourth-order valence-corrected chi connectivity index (χ4v) is 3.45. The summed E-state index contributed by atoms with van der Waals surface area (Å²) >= 11 is 4.15. The number of urea groups is 1. The van der Waals surface area contributed by atoms with Gasteiger partial charge in [0.1, 0.15) is 5.82 Å². The lowest BCUT2D eigenvalue weighted by molar-refractivity contribution is -0.120. The maximum atomic E-state index is 13.9. The van der Waals surface area contributed by atoms with E-state index in [2.05, 4.69) is 28.6 Å². The first-order chi connectivity index (χ1) is 13.4. The fraction of sp³-hybridized carbons (Fsp3) is 0.250. The van der Waals surface area contributed by atoms with Crippen molar-refractivity contribution in [3.05, 3.63) is 59.4 Å². The minimum Gasteiger partial charge on any atom is -0.348 e. The van der Waals surface area contributed by atoms with Crippen molar-refractivity contribution in [2.24, 2.45) is 0 Å². The molecule has 0 spiro atoms. The molecule has 2 aromatic rings. The zero-order chi connectivity index (χ0) is 19.9. The molecule has 1 heterocycles. The highest BCUT2D eigenvalue weighted by Gasteiger charge is 2.43. The van der Waals surface area contributed by atoms with Crippen LogP contribution in [-0.2, 0) is 4.79 Å². The Morgan fingerprint density at radius 2 is 1.89 bits per heavy atom. The molecule has 1 aliphatic heterocycles. The molecule has 0 bridgehead atoms. The van der Waals surface area contributed by atoms with E-state index in [4.69, 9.17) is 0 Å². The lowest BCUT2D eigenvalue weighted by atomic mass is 9.97. The first-order valence-electron chi connectivity index (χ1n) is 8.90. The van der Waals surface area contributed by atoms with Gasteiger partial charge in [0, 0.05) is 5.56 Å². The Morgan fingerprint density at radius 1 is 1.18 bits per heavy atom. The van der Waals surface area contributed by atoms with E-state index in [1.807, 2.05) is 24.3 Å². The van der Waals surface area contributed by atoms with Crippen molar-refractivity contribution < 1.29 is 18.8 Å². The number of halogens is 1. The maximum Gasteiger partial charge on any atom is 0.323 e. The largest absolute Gasteiger partial charge is 0.348 e. The second-order valence-electron chi connectivity index (χ2n) is 7.04. The summed E-state index contributed by atoms with van der Waals surface area (Å²) in [5, 5.41) is 7.01. The number of hydrogen-bond acceptors (Lipinski definition) is 4. The highest BCUT2D eigenvalue weighted by Crippen LogP contribution is 2.40. The van der Waals surface area contributed by atoms with Gasteiger partial charge in [-0.05, 0) is 53.6 Å². The quantitative estimate of drug-likeness (QED) is 0.460. The van der Waals surface area contributed by atoms with Crippen LogP contribution in [-0.4, -0.2) is 29.3 Å². The SMILES string of the molecule is O=C1NC(=O)[C@@](S)(CNC(=O)c2ccc(F)cc2-c2ccc(C3CC3)cc2)N1. The molecule has 1 saturated carbocycles. The summed E-state index contributed by atoms with van der Waals surface area (Å²) in [5.41, 5.74) is 2.68. The average Bonchev–Trinajstić information content (AvgIpc) is 3.47. The third kappa shape index (κ3) is 3.60. The van der Waals surface area contributed by atoms with Crippen LogP contribution in [0.5, 0.6) is 0 Å². The molecule has 8 heteroatoms. The predicted molar refractivity (Wildman–Crippen MR) is 105 cm³/mol. The van der Waals surface area contributed by atoms with Gasteiger partial charge in [-0.15, -0.1) is 12.6 Å². The number of thiol groups is 1. The van der Waals surface area contributed by atoms with Gasteiger partial charge in [-0.2, -0.15) is 0 Å². The molecule has 3 N–H and O–H groups in total. The van der Waals surface area contributed by atoms with E-state index >= 15 is 0 Å². The third-order valence-electron chi connectivity index (χ3n) is 4.92. The van der Waals surface area contributed by atoms with E-state index in [0.29, 0.717) is 11.5 Å². The molecule has 144 valence electrons. The van der Waals surface area contributed by atoms with Crippen LogP contribution in [0.2, 0.25) is 0 Å². The van der Waals surface area contributed by atoms with Crippen molar-refractivity contribution in [2.45, 2.75) is 23.6 Å². The van der Waals surface area contributed by atoms with Crippen molar-refractivity contribution in [2.75, 3.05) is 6.54 Å². The molecule has 0 unspecified atom stereocenters. The second-order valence-corrected chi connectivity index (χ2v) is 7.80. The highest BCUT2D eigenvalue weighted by atomic mass is 32.1. The molecule has 2 aromatic carbocycles. The minimum atomic E-state index is -1.53. The number of amides is 4. The Bertz CT molecular complexity index is 975. The van der Waals surface area contributed by atoms with Crippen molar-refractivity contribution in [1.82, 2.24) is 16.0 Å². The molecule has 1 atom stereocenters. The molecule has 6 nitrogen and oxygen atoms in total. The lowest BCUT2D eigenvalue weighted by Crippen LogP contribution is -2.50. The van der Waals surface area contributed by atoms with Gasteiger partial charge in [0.05, 0.1) is 6.54 Å². The zero-order valence-electron chi connectivity index (χ0n) is 14.8. The Hall–Kier alpha value is -2.87. The van der Waals surface area contributed by atoms with E-state index in [1.165, 1.54) is 36.6 Å². The molecule has 2 aliphatic rings. The van der Waals surface area contributed by atoms with E-state index in [1.54, 1.807) is 0 Å². The molecule has 2 fully saturated rings. The normalized spacial score (nSPS) is 21.2. The Balaban J connectivity index is 1.56. The number of benzene rings is 2. The second kappa shape index (κ2) is 6.94. The van der Waals surface area contributed by atoms with Gasteiger partial charge in [-0.25, -0.2) is 9.18 Å². The minimum absolute atomic E-state index is 0.218. The van der Waals surface area contributed by atoms with Gasteiger partial charge in [0.2, 0.25) is 0 Å². The van der Waals surface area contributed by atoms with Crippen molar-refractivity contribution in [3.8, 4) is 11.1 Å². The average molecular weight is 399 g/mol. The molecule has 1 aliphatic carbocycles. The monoisotopic (exact) mass is 399 g/mol. The van der Waals surface area contributed by atoms with Gasteiger partial charge in [0.15, 0.2) is 4.87 Å². The van der Waals surface area contributed by atoms with Gasteiger partial charge in [-0.1, -0.05) is 24.3 Å². The molecule has 4 amide bonds. The summed E-state index contributed by atoms with van der Waals surface area (Å²) in [5.74, 6) is -0.991. The van der Waals surface area contributed by atoms with Crippen molar-refractivity contribution in [1.29, 1.82) is 0 Å². The number of carbonyl (C=O) groups excluding carboxylic acids is 3. The highest BCUT2D eigenvalue weighted by molar-refractivity contribution is 7.82. The van der Waals surface area contributed by atoms with E-state index in [9.17, 15) is 18.8 Å². The molecule has 0 radical (unpaired) electrons. The molecule has 1 saturated heterocycles. The van der Waals surface area contributed by atoms with Crippen LogP contribution < -0.4 is 16.0 Å². The Morgan fingerprint density at radius 3 is 2.50 bits per heavy atom. The summed E-state index contributed by atoms with van der Waals surface area (Å²) < 4.78 is 13.9. The van der Waals surface area contributed by atoms with Crippen LogP contribution in [0.4, 0.5) is 9.18 Å². The van der Waals surface area contributed by atoms with Crippen LogP contribution in [0.1, 0.15) is 34.7 Å². The molecular weight excluding hydrogens is 381 g/mol.